The van der Waals surface area contributed by atoms with Gasteiger partial charge < -0.3 is 4.74 Å². The van der Waals surface area contributed by atoms with E-state index in [4.69, 9.17) is 9.57 Å². The first-order valence-electron chi connectivity index (χ1n) is 6.69. The number of nitrogens with one attached hydrogen (secondary N) is 1. The van der Waals surface area contributed by atoms with E-state index in [0.29, 0.717) is 17.8 Å². The second kappa shape index (κ2) is 4.18. The van der Waals surface area contributed by atoms with Gasteiger partial charge in [-0.1, -0.05) is 6.07 Å². The highest BCUT2D eigenvalue weighted by Crippen LogP contribution is 2.40. The van der Waals surface area contributed by atoms with Crippen molar-refractivity contribution in [3.8, 4) is 5.88 Å². The number of aromatic nitrogens is 1. The van der Waals surface area contributed by atoms with Crippen LogP contribution in [0.5, 0.6) is 5.88 Å². The molecule has 0 saturated carbocycles. The number of fused-ring (bicyclic) bond motifs is 2. The molecule has 5 heterocycles. The quantitative estimate of drug-likeness (QED) is 0.808. The van der Waals surface area contributed by atoms with Crippen LogP contribution in [0, 0.1) is 5.92 Å². The van der Waals surface area contributed by atoms with Crippen LogP contribution >= 0.6 is 0 Å². The van der Waals surface area contributed by atoms with E-state index in [9.17, 15) is 0 Å². The molecule has 4 aliphatic heterocycles. The van der Waals surface area contributed by atoms with Crippen molar-refractivity contribution in [2.45, 2.75) is 18.6 Å². The molecule has 6 heteroatoms. The summed E-state index contributed by atoms with van der Waals surface area (Å²) >= 11 is 0. The summed E-state index contributed by atoms with van der Waals surface area (Å²) in [6, 6.07) is 5.93. The summed E-state index contributed by atoms with van der Waals surface area (Å²) in [5.74, 6) is 1.01. The zero-order valence-corrected chi connectivity index (χ0v) is 10.6. The van der Waals surface area contributed by atoms with Gasteiger partial charge in [0.15, 0.2) is 0 Å². The lowest BCUT2D eigenvalue weighted by atomic mass is 9.81. The Morgan fingerprint density at radius 1 is 1.37 bits per heavy atom. The van der Waals surface area contributed by atoms with Gasteiger partial charge in [-0.25, -0.2) is 15.3 Å². The van der Waals surface area contributed by atoms with Crippen molar-refractivity contribution in [1.29, 1.82) is 0 Å². The molecule has 3 fully saturated rings. The maximum Gasteiger partial charge on any atom is 0.319 e. The molecule has 0 amide bonds. The Labute approximate surface area is 111 Å². The number of piperidine rings is 3. The van der Waals surface area contributed by atoms with Crippen molar-refractivity contribution in [3.05, 3.63) is 24.4 Å². The number of aliphatic imine (C=N–C) groups is 1. The fourth-order valence-corrected chi connectivity index (χ4v) is 3.13. The van der Waals surface area contributed by atoms with Crippen LogP contribution in [0.4, 0.5) is 0 Å². The number of pyridine rings is 1. The van der Waals surface area contributed by atoms with Crippen molar-refractivity contribution in [2.24, 2.45) is 10.9 Å². The first-order chi connectivity index (χ1) is 9.34. The normalized spacial score (nSPS) is 36.1. The molecule has 1 spiro atoms. The third-order valence-electron chi connectivity index (χ3n) is 4.12. The van der Waals surface area contributed by atoms with Gasteiger partial charge in [0.25, 0.3) is 0 Å². The van der Waals surface area contributed by atoms with Gasteiger partial charge in [0.1, 0.15) is 0 Å². The van der Waals surface area contributed by atoms with Gasteiger partial charge in [-0.05, 0) is 32.0 Å². The molecule has 0 aromatic carbocycles. The standard InChI is InChI=1S/C13H16N4O2/c1-2-6-14-11(3-1)18-12-15-13(19-16-12)9-17-7-4-10(13)5-8-17/h1-3,6,10H,4-5,7-9H2,(H,15,16). The molecule has 0 radical (unpaired) electrons. The van der Waals surface area contributed by atoms with E-state index in [0.717, 1.165) is 32.5 Å². The van der Waals surface area contributed by atoms with E-state index >= 15 is 0 Å². The Hall–Kier alpha value is -1.66. The van der Waals surface area contributed by atoms with Gasteiger partial charge in [0.05, 0.1) is 6.54 Å². The smallest absolute Gasteiger partial charge is 0.319 e. The van der Waals surface area contributed by atoms with Crippen molar-refractivity contribution in [2.75, 3.05) is 19.6 Å². The van der Waals surface area contributed by atoms with Crippen molar-refractivity contribution in [3.63, 3.8) is 0 Å². The molecule has 6 nitrogen and oxygen atoms in total. The van der Waals surface area contributed by atoms with Gasteiger partial charge in [0, 0.05) is 18.2 Å². The average molecular weight is 260 g/mol. The predicted octanol–water partition coefficient (Wildman–Crippen LogP) is 0.773. The molecular weight excluding hydrogens is 244 g/mol. The molecule has 1 atom stereocenters. The van der Waals surface area contributed by atoms with Crippen LogP contribution in [0.2, 0.25) is 0 Å². The summed E-state index contributed by atoms with van der Waals surface area (Å²) in [6.07, 6.45) is 3.97. The van der Waals surface area contributed by atoms with Crippen LogP contribution in [0.1, 0.15) is 12.8 Å². The summed E-state index contributed by atoms with van der Waals surface area (Å²) in [5.41, 5.74) is 2.35. The number of ether oxygens (including phenoxy) is 1. The third kappa shape index (κ3) is 1.87. The second-order valence-electron chi connectivity index (χ2n) is 5.29. The Bertz CT molecular complexity index is 499. The van der Waals surface area contributed by atoms with Gasteiger partial charge in [-0.3, -0.25) is 4.90 Å². The van der Waals surface area contributed by atoms with Crippen molar-refractivity contribution in [1.82, 2.24) is 15.4 Å². The zero-order valence-electron chi connectivity index (χ0n) is 10.6. The number of nitrogens with zero attached hydrogens (tertiary/aromatic N) is 3. The van der Waals surface area contributed by atoms with E-state index < -0.39 is 5.72 Å². The molecule has 5 rings (SSSR count). The fraction of sp³-hybridized carbons (Fsp3) is 0.538. The summed E-state index contributed by atoms with van der Waals surface area (Å²) in [5, 5.41) is 0. The van der Waals surface area contributed by atoms with Crippen molar-refractivity contribution >= 4 is 6.02 Å². The van der Waals surface area contributed by atoms with E-state index in [-0.39, 0.29) is 0 Å². The Morgan fingerprint density at radius 3 is 2.95 bits per heavy atom. The lowest BCUT2D eigenvalue weighted by Crippen LogP contribution is -2.58. The fourth-order valence-electron chi connectivity index (χ4n) is 3.13. The molecule has 4 aliphatic rings. The Balaban J connectivity index is 1.55. The zero-order chi connectivity index (χ0) is 12.7. The molecule has 0 aliphatic carbocycles. The minimum atomic E-state index is -0.458. The molecule has 1 aromatic rings. The van der Waals surface area contributed by atoms with Crippen LogP contribution < -0.4 is 10.2 Å². The van der Waals surface area contributed by atoms with Crippen LogP contribution in [0.25, 0.3) is 0 Å². The molecule has 1 unspecified atom stereocenters. The molecule has 19 heavy (non-hydrogen) atoms. The van der Waals surface area contributed by atoms with E-state index in [1.54, 1.807) is 12.3 Å². The summed E-state index contributed by atoms with van der Waals surface area (Å²) in [6.45, 7) is 3.16. The van der Waals surface area contributed by atoms with E-state index in [2.05, 4.69) is 20.4 Å². The molecule has 3 saturated heterocycles. The van der Waals surface area contributed by atoms with Crippen LogP contribution in [0.3, 0.4) is 0 Å². The molecule has 2 bridgehead atoms. The minimum absolute atomic E-state index is 0.410. The maximum absolute atomic E-state index is 5.75. The highest BCUT2D eigenvalue weighted by atomic mass is 16.7. The number of hydrogen-bond acceptors (Lipinski definition) is 6. The Morgan fingerprint density at radius 2 is 2.26 bits per heavy atom. The van der Waals surface area contributed by atoms with Gasteiger partial charge in [-0.2, -0.15) is 4.99 Å². The number of rotatable bonds is 1. The predicted molar refractivity (Wildman–Crippen MR) is 68.4 cm³/mol. The lowest BCUT2D eigenvalue weighted by molar-refractivity contribution is -0.155. The molecule has 1 aromatic heterocycles. The first kappa shape index (κ1) is 11.2. The third-order valence-corrected chi connectivity index (χ3v) is 4.12. The number of hydrogen-bond donors (Lipinski definition) is 1. The summed E-state index contributed by atoms with van der Waals surface area (Å²) < 4.78 is 5.59. The summed E-state index contributed by atoms with van der Waals surface area (Å²) in [4.78, 5) is 16.9. The SMILES string of the molecule is c1ccc(OC2=NC3(CN4CCC3CC4)ON2)nc1. The molecule has 1 N–H and O–H groups in total. The minimum Gasteiger partial charge on any atom is -0.406 e. The van der Waals surface area contributed by atoms with Crippen LogP contribution in [-0.2, 0) is 4.84 Å². The number of amidine groups is 1. The highest BCUT2D eigenvalue weighted by molar-refractivity contribution is 5.76. The molecular formula is C13H16N4O2. The van der Waals surface area contributed by atoms with Gasteiger partial charge in [-0.15, -0.1) is 0 Å². The van der Waals surface area contributed by atoms with Gasteiger partial charge in [0.2, 0.25) is 11.6 Å². The maximum atomic E-state index is 5.75. The van der Waals surface area contributed by atoms with Crippen LogP contribution in [0.15, 0.2) is 29.4 Å². The largest absolute Gasteiger partial charge is 0.406 e. The monoisotopic (exact) mass is 260 g/mol. The number of hydroxylamine groups is 1. The average Bonchev–Trinajstić information content (AvgIpc) is 2.84. The topological polar surface area (TPSA) is 59.0 Å². The van der Waals surface area contributed by atoms with Crippen LogP contribution in [-0.4, -0.2) is 41.3 Å². The highest BCUT2D eigenvalue weighted by Gasteiger charge is 2.51. The van der Waals surface area contributed by atoms with E-state index in [1.807, 2.05) is 12.1 Å². The Kier molecular flexibility index (Phi) is 2.46. The summed E-state index contributed by atoms with van der Waals surface area (Å²) in [7, 11) is 0. The second-order valence-corrected chi connectivity index (χ2v) is 5.29. The van der Waals surface area contributed by atoms with E-state index in [1.165, 1.54) is 0 Å². The van der Waals surface area contributed by atoms with Crippen molar-refractivity contribution < 1.29 is 9.57 Å². The van der Waals surface area contributed by atoms with Gasteiger partial charge >= 0.3 is 6.02 Å². The lowest BCUT2D eigenvalue weighted by Gasteiger charge is -2.47. The molecule has 100 valence electrons. The first-order valence-corrected chi connectivity index (χ1v) is 6.69.